The molecule has 0 spiro atoms. The fraction of sp³-hybridized carbons (Fsp3) is 0.833. The molecule has 7 nitrogen and oxygen atoms in total. The zero-order chi connectivity index (χ0) is 19.6. The molecule has 2 amide bonds. The Labute approximate surface area is 167 Å². The van der Waals surface area contributed by atoms with Crippen LogP contribution in [-0.2, 0) is 0 Å². The molecule has 0 unspecified atom stereocenters. The summed E-state index contributed by atoms with van der Waals surface area (Å²) >= 11 is 1.38. The number of urea groups is 1. The van der Waals surface area contributed by atoms with Crippen molar-refractivity contribution in [3.8, 4) is 0 Å². The van der Waals surface area contributed by atoms with Gasteiger partial charge in [0.05, 0.1) is 0 Å². The second kappa shape index (κ2) is 8.44. The maximum Gasteiger partial charge on any atom is 0.321 e. The van der Waals surface area contributed by atoms with Gasteiger partial charge in [0.25, 0.3) is 5.92 Å². The third-order valence-corrected chi connectivity index (χ3v) is 7.01. The normalized spacial score (nSPS) is 24.4. The van der Waals surface area contributed by atoms with Crippen LogP contribution in [0.5, 0.6) is 0 Å². The summed E-state index contributed by atoms with van der Waals surface area (Å²) in [5.74, 6) is -2.49. The maximum absolute atomic E-state index is 13.4. The molecule has 3 fully saturated rings. The van der Waals surface area contributed by atoms with Crippen LogP contribution >= 0.6 is 11.3 Å². The van der Waals surface area contributed by atoms with Crippen LogP contribution in [0.2, 0.25) is 0 Å². The largest absolute Gasteiger partial charge is 0.346 e. The number of rotatable bonds is 4. The minimum absolute atomic E-state index is 0.0262. The highest BCUT2D eigenvalue weighted by atomic mass is 32.1. The number of alkyl halides is 2. The molecule has 1 aromatic heterocycles. The molecule has 2 aliphatic heterocycles. The van der Waals surface area contributed by atoms with Gasteiger partial charge in [0.15, 0.2) is 0 Å². The molecule has 1 aliphatic carbocycles. The van der Waals surface area contributed by atoms with Gasteiger partial charge >= 0.3 is 6.03 Å². The molecule has 2 N–H and O–H groups in total. The number of piperidine rings is 2. The average molecular weight is 415 g/mol. The van der Waals surface area contributed by atoms with Gasteiger partial charge in [0.2, 0.25) is 10.3 Å². The summed E-state index contributed by atoms with van der Waals surface area (Å²) in [6, 6.07) is 0.423. The van der Waals surface area contributed by atoms with Crippen LogP contribution in [0.3, 0.4) is 0 Å². The standard InChI is InChI=1S/C18H28F2N6OS/c19-18(20)7-11-25(12-8-18)14-5-9-26(10-6-14)17-24-23-16(28-17)22-15(27)21-13-3-1-2-4-13/h13-14H,1-12H2,(H2,21,22,23,27). The molecule has 3 heterocycles. The molecule has 0 bridgehead atoms. The van der Waals surface area contributed by atoms with Gasteiger partial charge in [-0.05, 0) is 25.7 Å². The summed E-state index contributed by atoms with van der Waals surface area (Å²) in [5.41, 5.74) is 0. The van der Waals surface area contributed by atoms with E-state index in [-0.39, 0.29) is 24.9 Å². The Kier molecular flexibility index (Phi) is 5.96. The summed E-state index contributed by atoms with van der Waals surface area (Å²) in [7, 11) is 0. The van der Waals surface area contributed by atoms with Crippen LogP contribution < -0.4 is 15.5 Å². The molecular formula is C18H28F2N6OS. The zero-order valence-corrected chi connectivity index (χ0v) is 16.8. The Morgan fingerprint density at radius 2 is 1.71 bits per heavy atom. The van der Waals surface area contributed by atoms with Gasteiger partial charge in [-0.15, -0.1) is 10.2 Å². The van der Waals surface area contributed by atoms with Gasteiger partial charge < -0.3 is 10.2 Å². The molecule has 10 heteroatoms. The number of likely N-dealkylation sites (tertiary alicyclic amines) is 1. The number of aromatic nitrogens is 2. The fourth-order valence-electron chi connectivity index (χ4n) is 4.42. The monoisotopic (exact) mass is 414 g/mol. The van der Waals surface area contributed by atoms with E-state index < -0.39 is 5.92 Å². The molecule has 0 atom stereocenters. The van der Waals surface area contributed by atoms with Crippen LogP contribution in [-0.4, -0.2) is 65.3 Å². The number of carbonyl (C=O) groups excluding carboxylic acids is 1. The minimum atomic E-state index is -2.49. The zero-order valence-electron chi connectivity index (χ0n) is 16.0. The number of hydrogen-bond acceptors (Lipinski definition) is 6. The Hall–Kier alpha value is -1.55. The molecule has 2 saturated heterocycles. The molecule has 1 aromatic rings. The van der Waals surface area contributed by atoms with Crippen molar-refractivity contribution in [2.24, 2.45) is 0 Å². The van der Waals surface area contributed by atoms with Crippen LogP contribution in [0.25, 0.3) is 0 Å². The number of halogens is 2. The van der Waals surface area contributed by atoms with Crippen molar-refractivity contribution in [1.82, 2.24) is 20.4 Å². The fourth-order valence-corrected chi connectivity index (χ4v) is 5.21. The van der Waals surface area contributed by atoms with Crippen molar-refractivity contribution in [2.45, 2.75) is 69.4 Å². The summed E-state index contributed by atoms with van der Waals surface area (Å²) in [6.45, 7) is 2.64. The first kappa shape index (κ1) is 19.8. The third-order valence-electron chi connectivity index (χ3n) is 6.11. The van der Waals surface area contributed by atoms with Gasteiger partial charge in [-0.2, -0.15) is 0 Å². The molecular weight excluding hydrogens is 386 g/mol. The summed E-state index contributed by atoms with van der Waals surface area (Å²) < 4.78 is 26.7. The van der Waals surface area contributed by atoms with Crippen LogP contribution in [0.1, 0.15) is 51.4 Å². The summed E-state index contributed by atoms with van der Waals surface area (Å²) in [5, 5.41) is 15.4. The first-order chi connectivity index (χ1) is 13.5. The highest BCUT2D eigenvalue weighted by molar-refractivity contribution is 7.19. The molecule has 156 valence electrons. The Bertz CT molecular complexity index is 663. The van der Waals surface area contributed by atoms with Crippen LogP contribution in [0.4, 0.5) is 23.8 Å². The van der Waals surface area contributed by atoms with E-state index in [9.17, 15) is 13.6 Å². The van der Waals surface area contributed by atoms with Crippen molar-refractivity contribution in [3.05, 3.63) is 0 Å². The number of nitrogens with zero attached hydrogens (tertiary/aromatic N) is 4. The lowest BCUT2D eigenvalue weighted by Gasteiger charge is -2.41. The topological polar surface area (TPSA) is 73.4 Å². The molecule has 0 radical (unpaired) electrons. The van der Waals surface area contributed by atoms with Crippen molar-refractivity contribution >= 4 is 27.6 Å². The first-order valence-corrected chi connectivity index (χ1v) is 11.1. The highest BCUT2D eigenvalue weighted by Crippen LogP contribution is 2.32. The smallest absolute Gasteiger partial charge is 0.321 e. The second-order valence-corrected chi connectivity index (χ2v) is 9.04. The van der Waals surface area contributed by atoms with Crippen molar-refractivity contribution in [3.63, 3.8) is 0 Å². The van der Waals surface area contributed by atoms with E-state index in [1.807, 2.05) is 0 Å². The lowest BCUT2D eigenvalue weighted by molar-refractivity contribution is -0.0646. The van der Waals surface area contributed by atoms with E-state index in [2.05, 4.69) is 30.6 Å². The number of nitrogens with one attached hydrogen (secondary N) is 2. The van der Waals surface area contributed by atoms with Crippen LogP contribution in [0, 0.1) is 0 Å². The number of hydrogen-bond donors (Lipinski definition) is 2. The van der Waals surface area contributed by atoms with Crippen molar-refractivity contribution < 1.29 is 13.6 Å². The number of carbonyl (C=O) groups is 1. The summed E-state index contributed by atoms with van der Waals surface area (Å²) in [4.78, 5) is 16.5. The Balaban J connectivity index is 1.23. The average Bonchev–Trinajstić information content (AvgIpc) is 3.34. The van der Waals surface area contributed by atoms with Gasteiger partial charge in [0, 0.05) is 51.1 Å². The SMILES string of the molecule is O=C(Nc1nnc(N2CCC(N3CCC(F)(F)CC3)CC2)s1)NC1CCCC1. The molecule has 4 rings (SSSR count). The quantitative estimate of drug-likeness (QED) is 0.791. The van der Waals surface area contributed by atoms with Crippen molar-refractivity contribution in [1.29, 1.82) is 0 Å². The molecule has 28 heavy (non-hydrogen) atoms. The number of anilines is 2. The van der Waals surface area contributed by atoms with Gasteiger partial charge in [0.1, 0.15) is 0 Å². The molecule has 3 aliphatic rings. The predicted octanol–water partition coefficient (Wildman–Crippen LogP) is 3.30. The lowest BCUT2D eigenvalue weighted by Crippen LogP contribution is -2.49. The van der Waals surface area contributed by atoms with Gasteiger partial charge in [-0.25, -0.2) is 13.6 Å². The maximum atomic E-state index is 13.4. The summed E-state index contributed by atoms with van der Waals surface area (Å²) in [6.07, 6.45) is 6.25. The Morgan fingerprint density at radius 3 is 2.39 bits per heavy atom. The lowest BCUT2D eigenvalue weighted by atomic mass is 9.99. The van der Waals surface area contributed by atoms with Crippen molar-refractivity contribution in [2.75, 3.05) is 36.4 Å². The third kappa shape index (κ3) is 4.89. The minimum Gasteiger partial charge on any atom is -0.346 e. The van der Waals surface area contributed by atoms with Crippen LogP contribution in [0.15, 0.2) is 0 Å². The molecule has 1 saturated carbocycles. The second-order valence-electron chi connectivity index (χ2n) is 8.08. The van der Waals surface area contributed by atoms with Gasteiger partial charge in [-0.1, -0.05) is 24.2 Å². The van der Waals surface area contributed by atoms with E-state index in [1.54, 1.807) is 0 Å². The van der Waals surface area contributed by atoms with E-state index in [4.69, 9.17) is 0 Å². The molecule has 0 aromatic carbocycles. The van der Waals surface area contributed by atoms with Gasteiger partial charge in [-0.3, -0.25) is 10.2 Å². The highest BCUT2D eigenvalue weighted by Gasteiger charge is 2.37. The van der Waals surface area contributed by atoms with E-state index in [0.29, 0.717) is 24.3 Å². The van der Waals surface area contributed by atoms with E-state index >= 15 is 0 Å². The van der Waals surface area contributed by atoms with E-state index in [1.165, 1.54) is 24.2 Å². The van der Waals surface area contributed by atoms with E-state index in [0.717, 1.165) is 43.9 Å². The predicted molar refractivity (Wildman–Crippen MR) is 105 cm³/mol. The first-order valence-electron chi connectivity index (χ1n) is 10.3. The number of amides is 2. The Morgan fingerprint density at radius 1 is 1.04 bits per heavy atom.